The summed E-state index contributed by atoms with van der Waals surface area (Å²) in [5, 5.41) is 3.49. The normalized spacial score (nSPS) is 12.2. The van der Waals surface area contributed by atoms with Gasteiger partial charge in [-0.25, -0.2) is 0 Å². The summed E-state index contributed by atoms with van der Waals surface area (Å²) in [4.78, 5) is 0. The van der Waals surface area contributed by atoms with E-state index in [4.69, 9.17) is 0 Å². The molecule has 0 aliphatic rings. The van der Waals surface area contributed by atoms with Crippen LogP contribution >= 0.6 is 0 Å². The molecule has 0 aromatic heterocycles. The fourth-order valence-corrected chi connectivity index (χ4v) is 1.79. The molecule has 1 nitrogen and oxygen atoms in total. The average Bonchev–Trinajstić information content (AvgIpc) is 2.28. The minimum atomic E-state index is 0.348. The molecule has 16 heavy (non-hydrogen) atoms. The second-order valence-electron chi connectivity index (χ2n) is 4.37. The highest BCUT2D eigenvalue weighted by Crippen LogP contribution is 2.17. The molecular formula is C15H23N. The van der Waals surface area contributed by atoms with Crippen molar-refractivity contribution in [2.75, 3.05) is 6.54 Å². The van der Waals surface area contributed by atoms with Crippen LogP contribution in [0.15, 0.2) is 35.9 Å². The number of benzene rings is 1. The molecule has 0 saturated heterocycles. The first kappa shape index (κ1) is 13.0. The maximum absolute atomic E-state index is 3.49. The van der Waals surface area contributed by atoms with Crippen molar-refractivity contribution in [2.45, 2.75) is 40.2 Å². The van der Waals surface area contributed by atoms with Gasteiger partial charge in [0.15, 0.2) is 0 Å². The van der Waals surface area contributed by atoms with Crippen LogP contribution < -0.4 is 5.32 Å². The minimum absolute atomic E-state index is 0.348. The highest BCUT2D eigenvalue weighted by Gasteiger charge is 2.06. The zero-order valence-electron chi connectivity index (χ0n) is 10.9. The second-order valence-corrected chi connectivity index (χ2v) is 4.37. The van der Waals surface area contributed by atoms with Gasteiger partial charge in [-0.3, -0.25) is 0 Å². The first-order valence-electron chi connectivity index (χ1n) is 6.14. The number of hydrogen-bond donors (Lipinski definition) is 1. The van der Waals surface area contributed by atoms with Crippen molar-refractivity contribution < 1.29 is 0 Å². The van der Waals surface area contributed by atoms with Crippen molar-refractivity contribution in [3.05, 3.63) is 47.0 Å². The molecule has 1 atom stereocenters. The molecule has 1 N–H and O–H groups in total. The van der Waals surface area contributed by atoms with Gasteiger partial charge >= 0.3 is 0 Å². The molecule has 1 aromatic rings. The number of nitrogens with one attached hydrogen (secondary N) is 1. The fraction of sp³-hybridized carbons (Fsp3) is 0.467. The molecule has 0 radical (unpaired) electrons. The number of hydrogen-bond acceptors (Lipinski definition) is 1. The Labute approximate surface area is 99.6 Å². The third kappa shape index (κ3) is 3.82. The smallest absolute Gasteiger partial charge is 0.0508 e. The Hall–Kier alpha value is -1.08. The zero-order chi connectivity index (χ0) is 12.0. The van der Waals surface area contributed by atoms with Crippen molar-refractivity contribution >= 4 is 0 Å². The summed E-state index contributed by atoms with van der Waals surface area (Å²) in [6.07, 6.45) is 3.39. The predicted molar refractivity (Wildman–Crippen MR) is 71.7 cm³/mol. The molecule has 1 aromatic carbocycles. The van der Waals surface area contributed by atoms with Crippen LogP contribution in [0.1, 0.15) is 44.9 Å². The van der Waals surface area contributed by atoms with Gasteiger partial charge in [0.25, 0.3) is 0 Å². The van der Waals surface area contributed by atoms with Crippen LogP contribution in [0.5, 0.6) is 0 Å². The molecular weight excluding hydrogens is 194 g/mol. The topological polar surface area (TPSA) is 12.0 Å². The average molecular weight is 217 g/mol. The summed E-state index contributed by atoms with van der Waals surface area (Å²) < 4.78 is 0. The van der Waals surface area contributed by atoms with Gasteiger partial charge in [0.05, 0.1) is 6.04 Å². The van der Waals surface area contributed by atoms with Crippen LogP contribution in [0.25, 0.3) is 0 Å². The Balaban J connectivity index is 2.88. The van der Waals surface area contributed by atoms with Crippen molar-refractivity contribution in [2.24, 2.45) is 0 Å². The van der Waals surface area contributed by atoms with Gasteiger partial charge in [-0.15, -0.1) is 0 Å². The molecule has 0 bridgehead atoms. The van der Waals surface area contributed by atoms with Crippen LogP contribution in [0.3, 0.4) is 0 Å². The quantitative estimate of drug-likeness (QED) is 0.738. The SMILES string of the molecule is CCNC(C=C(C)C)c1ccc(CC)cc1. The molecule has 0 amide bonds. The first-order valence-corrected chi connectivity index (χ1v) is 6.14. The van der Waals surface area contributed by atoms with Crippen molar-refractivity contribution in [3.8, 4) is 0 Å². The van der Waals surface area contributed by atoms with E-state index in [1.54, 1.807) is 0 Å². The molecule has 1 rings (SSSR count). The Morgan fingerprint density at radius 3 is 2.25 bits per heavy atom. The second kappa shape index (κ2) is 6.49. The maximum atomic E-state index is 3.49. The molecule has 0 aliphatic carbocycles. The highest BCUT2D eigenvalue weighted by atomic mass is 14.9. The van der Waals surface area contributed by atoms with Gasteiger partial charge in [-0.05, 0) is 37.9 Å². The lowest BCUT2D eigenvalue weighted by Gasteiger charge is -2.15. The Kier molecular flexibility index (Phi) is 5.27. The van der Waals surface area contributed by atoms with Crippen LogP contribution in [0.2, 0.25) is 0 Å². The van der Waals surface area contributed by atoms with E-state index in [0.29, 0.717) is 6.04 Å². The molecule has 1 heteroatoms. The van der Waals surface area contributed by atoms with E-state index < -0.39 is 0 Å². The largest absolute Gasteiger partial charge is 0.307 e. The summed E-state index contributed by atoms with van der Waals surface area (Å²) in [6.45, 7) is 9.61. The Bertz CT molecular complexity index is 331. The third-order valence-corrected chi connectivity index (χ3v) is 2.67. The molecule has 1 unspecified atom stereocenters. The number of likely N-dealkylation sites (N-methyl/N-ethyl adjacent to an activating group) is 1. The monoisotopic (exact) mass is 217 g/mol. The Morgan fingerprint density at radius 2 is 1.81 bits per heavy atom. The van der Waals surface area contributed by atoms with Gasteiger partial charge in [-0.1, -0.05) is 49.8 Å². The van der Waals surface area contributed by atoms with Crippen LogP contribution in [0, 0.1) is 0 Å². The molecule has 0 fully saturated rings. The van der Waals surface area contributed by atoms with Gasteiger partial charge in [-0.2, -0.15) is 0 Å². The maximum Gasteiger partial charge on any atom is 0.0508 e. The predicted octanol–water partition coefficient (Wildman–Crippen LogP) is 3.87. The lowest BCUT2D eigenvalue weighted by atomic mass is 10.0. The van der Waals surface area contributed by atoms with Crippen LogP contribution in [0.4, 0.5) is 0 Å². The van der Waals surface area contributed by atoms with Gasteiger partial charge < -0.3 is 5.32 Å². The standard InChI is InChI=1S/C15H23N/c1-5-13-7-9-14(10-8-13)15(16-6-2)11-12(3)4/h7-11,15-16H,5-6H2,1-4H3. The van der Waals surface area contributed by atoms with E-state index in [-0.39, 0.29) is 0 Å². The van der Waals surface area contributed by atoms with Crippen molar-refractivity contribution in [1.82, 2.24) is 5.32 Å². The molecule has 0 aliphatic heterocycles. The van der Waals surface area contributed by atoms with E-state index in [1.807, 2.05) is 0 Å². The summed E-state index contributed by atoms with van der Waals surface area (Å²) in [7, 11) is 0. The molecule has 0 saturated carbocycles. The van der Waals surface area contributed by atoms with Crippen LogP contribution in [-0.4, -0.2) is 6.54 Å². The summed E-state index contributed by atoms with van der Waals surface area (Å²) in [5.41, 5.74) is 4.10. The van der Waals surface area contributed by atoms with E-state index in [1.165, 1.54) is 16.7 Å². The number of aryl methyl sites for hydroxylation is 1. The van der Waals surface area contributed by atoms with E-state index in [0.717, 1.165) is 13.0 Å². The lowest BCUT2D eigenvalue weighted by molar-refractivity contribution is 0.644. The van der Waals surface area contributed by atoms with Gasteiger partial charge in [0.1, 0.15) is 0 Å². The summed E-state index contributed by atoms with van der Waals surface area (Å²) in [6, 6.07) is 9.25. The number of allylic oxidation sites excluding steroid dienone is 1. The molecule has 88 valence electrons. The van der Waals surface area contributed by atoms with E-state index in [2.05, 4.69) is 63.4 Å². The highest BCUT2D eigenvalue weighted by molar-refractivity contribution is 5.28. The van der Waals surface area contributed by atoms with E-state index in [9.17, 15) is 0 Å². The van der Waals surface area contributed by atoms with Gasteiger partial charge in [0.2, 0.25) is 0 Å². The fourth-order valence-electron chi connectivity index (χ4n) is 1.79. The first-order chi connectivity index (χ1) is 7.67. The Morgan fingerprint density at radius 1 is 1.19 bits per heavy atom. The summed E-state index contributed by atoms with van der Waals surface area (Å²) in [5.74, 6) is 0. The van der Waals surface area contributed by atoms with Crippen LogP contribution in [-0.2, 0) is 6.42 Å². The van der Waals surface area contributed by atoms with Gasteiger partial charge in [0, 0.05) is 0 Å². The zero-order valence-corrected chi connectivity index (χ0v) is 10.9. The minimum Gasteiger partial charge on any atom is -0.307 e. The molecule has 0 heterocycles. The summed E-state index contributed by atoms with van der Waals surface area (Å²) >= 11 is 0. The number of rotatable bonds is 5. The van der Waals surface area contributed by atoms with Crippen molar-refractivity contribution in [1.29, 1.82) is 0 Å². The van der Waals surface area contributed by atoms with E-state index >= 15 is 0 Å². The lowest BCUT2D eigenvalue weighted by Crippen LogP contribution is -2.19. The van der Waals surface area contributed by atoms with Crippen molar-refractivity contribution in [3.63, 3.8) is 0 Å². The third-order valence-electron chi connectivity index (χ3n) is 2.67. The molecule has 0 spiro atoms.